The Hall–Kier alpha value is -1.28. The molecule has 0 spiro atoms. The smallest absolute Gasteiger partial charge is 0.188 e. The van der Waals surface area contributed by atoms with Crippen LogP contribution < -0.4 is 4.74 Å². The lowest BCUT2D eigenvalue weighted by Gasteiger charge is -2.04. The molecular formula is C11H14O2. The maximum Gasteiger partial charge on any atom is 0.188 e. The molecule has 0 aliphatic heterocycles. The SMILES string of the molecule is C/C=C/c1cccc(OCOC)c1. The summed E-state index contributed by atoms with van der Waals surface area (Å²) in [6.45, 7) is 2.28. The third kappa shape index (κ3) is 3.30. The average Bonchev–Trinajstić information content (AvgIpc) is 2.16. The molecule has 0 N–H and O–H groups in total. The monoisotopic (exact) mass is 178 g/mol. The van der Waals surface area contributed by atoms with E-state index in [1.165, 1.54) is 0 Å². The molecule has 0 radical (unpaired) electrons. The van der Waals surface area contributed by atoms with Crippen molar-refractivity contribution in [2.75, 3.05) is 13.9 Å². The summed E-state index contributed by atoms with van der Waals surface area (Å²) >= 11 is 0. The van der Waals surface area contributed by atoms with Crippen molar-refractivity contribution in [3.05, 3.63) is 35.9 Å². The number of benzene rings is 1. The summed E-state index contributed by atoms with van der Waals surface area (Å²) < 4.78 is 10.1. The van der Waals surface area contributed by atoms with Gasteiger partial charge in [-0.15, -0.1) is 0 Å². The molecule has 0 saturated carbocycles. The van der Waals surface area contributed by atoms with Crippen LogP contribution in [-0.2, 0) is 4.74 Å². The van der Waals surface area contributed by atoms with Crippen LogP contribution in [0.15, 0.2) is 30.3 Å². The van der Waals surface area contributed by atoms with Crippen molar-refractivity contribution in [2.24, 2.45) is 0 Å². The number of hydrogen-bond donors (Lipinski definition) is 0. The summed E-state index contributed by atoms with van der Waals surface area (Å²) in [4.78, 5) is 0. The van der Waals surface area contributed by atoms with E-state index >= 15 is 0 Å². The third-order valence-corrected chi connectivity index (χ3v) is 1.56. The van der Waals surface area contributed by atoms with Gasteiger partial charge in [0.05, 0.1) is 0 Å². The normalized spacial score (nSPS) is 10.6. The van der Waals surface area contributed by atoms with E-state index in [2.05, 4.69) is 0 Å². The van der Waals surface area contributed by atoms with Gasteiger partial charge in [-0.25, -0.2) is 0 Å². The quantitative estimate of drug-likeness (QED) is 0.660. The molecule has 13 heavy (non-hydrogen) atoms. The minimum absolute atomic E-state index is 0.291. The molecule has 2 nitrogen and oxygen atoms in total. The van der Waals surface area contributed by atoms with Crippen LogP contribution in [-0.4, -0.2) is 13.9 Å². The highest BCUT2D eigenvalue weighted by Crippen LogP contribution is 2.14. The Kier molecular flexibility index (Phi) is 4.06. The maximum absolute atomic E-state index is 5.29. The molecule has 0 aliphatic carbocycles. The lowest BCUT2D eigenvalue weighted by molar-refractivity contribution is 0.0511. The van der Waals surface area contributed by atoms with Gasteiger partial charge in [0, 0.05) is 7.11 Å². The van der Waals surface area contributed by atoms with Gasteiger partial charge in [0.15, 0.2) is 6.79 Å². The molecule has 0 unspecified atom stereocenters. The van der Waals surface area contributed by atoms with Crippen LogP contribution in [0.5, 0.6) is 5.75 Å². The molecule has 0 aliphatic rings. The van der Waals surface area contributed by atoms with Crippen LogP contribution in [0.25, 0.3) is 6.08 Å². The Bertz CT molecular complexity index is 279. The molecule has 70 valence electrons. The third-order valence-electron chi connectivity index (χ3n) is 1.56. The van der Waals surface area contributed by atoms with E-state index in [4.69, 9.17) is 9.47 Å². The Morgan fingerprint density at radius 1 is 1.38 bits per heavy atom. The van der Waals surface area contributed by atoms with Gasteiger partial charge in [-0.2, -0.15) is 0 Å². The van der Waals surface area contributed by atoms with E-state index in [0.29, 0.717) is 6.79 Å². The molecule has 0 heterocycles. The van der Waals surface area contributed by atoms with Gasteiger partial charge < -0.3 is 9.47 Å². The highest BCUT2D eigenvalue weighted by molar-refractivity contribution is 5.51. The van der Waals surface area contributed by atoms with Gasteiger partial charge in [0.25, 0.3) is 0 Å². The van der Waals surface area contributed by atoms with E-state index < -0.39 is 0 Å². The standard InChI is InChI=1S/C11H14O2/c1-3-5-10-6-4-7-11(8-10)13-9-12-2/h3-8H,9H2,1-2H3/b5-3+. The zero-order chi connectivity index (χ0) is 9.52. The first-order valence-corrected chi connectivity index (χ1v) is 4.21. The van der Waals surface area contributed by atoms with Crippen molar-refractivity contribution in [1.29, 1.82) is 0 Å². The zero-order valence-electron chi connectivity index (χ0n) is 7.99. The van der Waals surface area contributed by atoms with E-state index in [9.17, 15) is 0 Å². The lowest BCUT2D eigenvalue weighted by Crippen LogP contribution is -1.98. The van der Waals surface area contributed by atoms with Crippen LogP contribution >= 0.6 is 0 Å². The van der Waals surface area contributed by atoms with E-state index in [-0.39, 0.29) is 0 Å². The molecule has 2 heteroatoms. The molecule has 1 aromatic rings. The fraction of sp³-hybridized carbons (Fsp3) is 0.273. The van der Waals surface area contributed by atoms with E-state index in [1.807, 2.05) is 43.3 Å². The van der Waals surface area contributed by atoms with Crippen LogP contribution in [0, 0.1) is 0 Å². The van der Waals surface area contributed by atoms with Crippen molar-refractivity contribution < 1.29 is 9.47 Å². The van der Waals surface area contributed by atoms with E-state index in [0.717, 1.165) is 11.3 Å². The van der Waals surface area contributed by atoms with Crippen molar-refractivity contribution in [3.8, 4) is 5.75 Å². The van der Waals surface area contributed by atoms with Gasteiger partial charge >= 0.3 is 0 Å². The summed E-state index contributed by atoms with van der Waals surface area (Å²) in [5, 5.41) is 0. The predicted molar refractivity (Wildman–Crippen MR) is 53.7 cm³/mol. The number of methoxy groups -OCH3 is 1. The Labute approximate surface area is 78.8 Å². The molecule has 0 amide bonds. The van der Waals surface area contributed by atoms with Crippen molar-refractivity contribution in [3.63, 3.8) is 0 Å². The minimum Gasteiger partial charge on any atom is -0.468 e. The van der Waals surface area contributed by atoms with Gasteiger partial charge in [-0.3, -0.25) is 0 Å². The number of ether oxygens (including phenoxy) is 2. The molecule has 0 saturated heterocycles. The van der Waals surface area contributed by atoms with Crippen molar-refractivity contribution in [1.82, 2.24) is 0 Å². The van der Waals surface area contributed by atoms with Crippen LogP contribution in [0.3, 0.4) is 0 Å². The van der Waals surface area contributed by atoms with E-state index in [1.54, 1.807) is 7.11 Å². The molecule has 0 bridgehead atoms. The topological polar surface area (TPSA) is 18.5 Å². The molecular weight excluding hydrogens is 164 g/mol. The lowest BCUT2D eigenvalue weighted by atomic mass is 10.2. The van der Waals surface area contributed by atoms with Crippen LogP contribution in [0.4, 0.5) is 0 Å². The molecule has 0 atom stereocenters. The van der Waals surface area contributed by atoms with Crippen LogP contribution in [0.2, 0.25) is 0 Å². The summed E-state index contributed by atoms with van der Waals surface area (Å²) in [5.41, 5.74) is 1.14. The molecule has 0 fully saturated rings. The predicted octanol–water partition coefficient (Wildman–Crippen LogP) is 2.70. The first-order chi connectivity index (χ1) is 6.36. The Morgan fingerprint density at radius 3 is 2.92 bits per heavy atom. The van der Waals surface area contributed by atoms with Crippen molar-refractivity contribution >= 4 is 6.08 Å². The van der Waals surface area contributed by atoms with Crippen LogP contribution in [0.1, 0.15) is 12.5 Å². The summed E-state index contributed by atoms with van der Waals surface area (Å²) in [6, 6.07) is 7.87. The first kappa shape index (κ1) is 9.81. The number of allylic oxidation sites excluding steroid dienone is 1. The minimum atomic E-state index is 0.291. The highest BCUT2D eigenvalue weighted by atomic mass is 16.7. The molecule has 1 rings (SSSR count). The number of hydrogen-bond acceptors (Lipinski definition) is 2. The zero-order valence-corrected chi connectivity index (χ0v) is 7.99. The second-order valence-electron chi connectivity index (χ2n) is 2.62. The van der Waals surface area contributed by atoms with Gasteiger partial charge in [0.1, 0.15) is 5.75 Å². The Balaban J connectivity index is 2.67. The molecule has 1 aromatic carbocycles. The second kappa shape index (κ2) is 5.38. The fourth-order valence-corrected chi connectivity index (χ4v) is 1.03. The maximum atomic E-state index is 5.29. The summed E-state index contributed by atoms with van der Waals surface area (Å²) in [7, 11) is 1.61. The van der Waals surface area contributed by atoms with Gasteiger partial charge in [-0.05, 0) is 24.6 Å². The second-order valence-corrected chi connectivity index (χ2v) is 2.62. The number of rotatable bonds is 4. The largest absolute Gasteiger partial charge is 0.468 e. The average molecular weight is 178 g/mol. The highest BCUT2D eigenvalue weighted by Gasteiger charge is 1.92. The summed E-state index contributed by atoms with van der Waals surface area (Å²) in [6.07, 6.45) is 4.02. The van der Waals surface area contributed by atoms with Gasteiger partial charge in [-0.1, -0.05) is 24.3 Å². The first-order valence-electron chi connectivity index (χ1n) is 4.21. The van der Waals surface area contributed by atoms with Gasteiger partial charge in [0.2, 0.25) is 0 Å². The summed E-state index contributed by atoms with van der Waals surface area (Å²) in [5.74, 6) is 0.831. The van der Waals surface area contributed by atoms with Crippen molar-refractivity contribution in [2.45, 2.75) is 6.92 Å². The Morgan fingerprint density at radius 2 is 2.23 bits per heavy atom. The molecule has 0 aromatic heterocycles. The fourth-order valence-electron chi connectivity index (χ4n) is 1.03.